The molecule has 0 saturated heterocycles. The first-order valence-electron chi connectivity index (χ1n) is 8.17. The summed E-state index contributed by atoms with van der Waals surface area (Å²) in [5.41, 5.74) is 0.282. The lowest BCUT2D eigenvalue weighted by Crippen LogP contribution is -2.40. The van der Waals surface area contributed by atoms with Crippen LogP contribution in [0, 0.1) is 0 Å². The molecular weight excluding hydrogens is 234 g/mol. The molecule has 0 heterocycles. The highest BCUT2D eigenvalue weighted by molar-refractivity contribution is 7.90. The fourth-order valence-corrected chi connectivity index (χ4v) is 1.81. The van der Waals surface area contributed by atoms with Gasteiger partial charge in [-0.05, 0) is 45.3 Å². The first-order valence-corrected chi connectivity index (χ1v) is 6.32. The second-order valence-electron chi connectivity index (χ2n) is 4.61. The molecule has 0 aliphatic carbocycles. The molecule has 1 aromatic rings. The standard InChI is InChI=1S/C13H21NO2S/c1-10(14-17(15)13(2,3)4)11-7-6-8-12(9-11)16-5/h6-10,14H,1-5H3/t10-,17?/m1/s1/i1D3,5D3. The summed E-state index contributed by atoms with van der Waals surface area (Å²) >= 11 is -1.60. The highest BCUT2D eigenvalue weighted by Gasteiger charge is 2.28. The molecule has 0 aromatic heterocycles. The minimum atomic E-state index is -2.63. The molecule has 3 nitrogen and oxygen atoms in total. The predicted molar refractivity (Wildman–Crippen MR) is 72.4 cm³/mol. The summed E-state index contributed by atoms with van der Waals surface area (Å²) in [5, 5.41) is 0. The molecule has 0 aliphatic rings. The average Bonchev–Trinajstić information content (AvgIpc) is 2.31. The van der Waals surface area contributed by atoms with Crippen molar-refractivity contribution in [2.24, 2.45) is 0 Å². The number of hydrogen-bond donors (Lipinski definition) is 1. The molecule has 96 valence electrons. The van der Waals surface area contributed by atoms with E-state index in [1.165, 1.54) is 24.3 Å². The van der Waals surface area contributed by atoms with E-state index in [0.717, 1.165) is 0 Å². The molecule has 1 rings (SSSR count). The molecule has 0 radical (unpaired) electrons. The first-order chi connectivity index (χ1) is 10.2. The van der Waals surface area contributed by atoms with Crippen molar-refractivity contribution in [2.45, 2.75) is 38.4 Å². The Morgan fingerprint density at radius 1 is 1.47 bits per heavy atom. The quantitative estimate of drug-likeness (QED) is 0.848. The Hall–Kier alpha value is -0.710. The summed E-state index contributed by atoms with van der Waals surface area (Å²) in [7, 11) is -2.63. The van der Waals surface area contributed by atoms with Gasteiger partial charge in [0.1, 0.15) is 10.5 Å². The monoisotopic (exact) mass is 261 g/mol. The Labute approximate surface area is 115 Å². The third-order valence-corrected chi connectivity index (χ3v) is 3.65. The minimum absolute atomic E-state index is 0.0279. The molecule has 17 heavy (non-hydrogen) atoms. The Morgan fingerprint density at radius 2 is 2.24 bits per heavy atom. The van der Waals surface area contributed by atoms with Crippen LogP contribution in [0.4, 0.5) is 0 Å². The Balaban J connectivity index is 3.11. The Kier molecular flexibility index (Phi) is 2.60. The third-order valence-electron chi connectivity index (χ3n) is 2.09. The highest BCUT2D eigenvalue weighted by atomic mass is 32.2. The zero-order valence-corrected chi connectivity index (χ0v) is 10.9. The van der Waals surface area contributed by atoms with Gasteiger partial charge in [-0.1, -0.05) is 12.1 Å². The lowest BCUT2D eigenvalue weighted by Gasteiger charge is -2.26. The lowest BCUT2D eigenvalue weighted by molar-refractivity contribution is 0.413. The molecule has 0 saturated carbocycles. The van der Waals surface area contributed by atoms with E-state index in [1.807, 2.05) is 0 Å². The van der Waals surface area contributed by atoms with Crippen molar-refractivity contribution in [3.8, 4) is 5.75 Å². The van der Waals surface area contributed by atoms with E-state index < -0.39 is 36.0 Å². The third kappa shape index (κ3) is 4.22. The van der Waals surface area contributed by atoms with Gasteiger partial charge < -0.3 is 9.29 Å². The second-order valence-corrected chi connectivity index (χ2v) is 6.60. The van der Waals surface area contributed by atoms with Crippen LogP contribution < -0.4 is 9.46 Å². The normalized spacial score (nSPS) is 22.1. The van der Waals surface area contributed by atoms with Crippen LogP contribution in [0.1, 0.15) is 47.5 Å². The molecule has 4 heteroatoms. The van der Waals surface area contributed by atoms with Crippen molar-refractivity contribution in [1.82, 2.24) is 4.72 Å². The molecule has 1 unspecified atom stereocenters. The molecule has 1 aromatic carbocycles. The number of rotatable bonds is 4. The van der Waals surface area contributed by atoms with Crippen molar-refractivity contribution in [2.75, 3.05) is 7.04 Å². The largest absolute Gasteiger partial charge is 0.598 e. The van der Waals surface area contributed by atoms with Gasteiger partial charge in [0.15, 0.2) is 0 Å². The van der Waals surface area contributed by atoms with Crippen molar-refractivity contribution in [1.29, 1.82) is 0 Å². The average molecular weight is 261 g/mol. The molecule has 0 bridgehead atoms. The van der Waals surface area contributed by atoms with Crippen LogP contribution in [0.3, 0.4) is 0 Å². The SMILES string of the molecule is [2H]C([2H])([2H])Oc1cccc([C@H](N[S+]([O-])C(C)(C)C)C([2H])([2H])[2H])c1. The van der Waals surface area contributed by atoms with Gasteiger partial charge >= 0.3 is 0 Å². The maximum Gasteiger partial charge on any atom is 0.136 e. The van der Waals surface area contributed by atoms with Gasteiger partial charge in [0, 0.05) is 15.5 Å². The van der Waals surface area contributed by atoms with Crippen LogP contribution in [-0.2, 0) is 11.4 Å². The van der Waals surface area contributed by atoms with E-state index >= 15 is 0 Å². The summed E-state index contributed by atoms with van der Waals surface area (Å²) in [4.78, 5) is 0. The van der Waals surface area contributed by atoms with Crippen molar-refractivity contribution in [3.05, 3.63) is 29.8 Å². The first kappa shape index (κ1) is 7.67. The summed E-state index contributed by atoms with van der Waals surface area (Å²) in [6.07, 6.45) is 0. The Bertz CT molecular complexity index is 526. The van der Waals surface area contributed by atoms with Gasteiger partial charge in [0.25, 0.3) is 0 Å². The maximum atomic E-state index is 12.2. The fourth-order valence-electron chi connectivity index (χ4n) is 1.11. The van der Waals surface area contributed by atoms with E-state index in [-0.39, 0.29) is 11.3 Å². The van der Waals surface area contributed by atoms with E-state index in [0.29, 0.717) is 0 Å². The molecule has 0 amide bonds. The van der Waals surface area contributed by atoms with Gasteiger partial charge in [0.05, 0.1) is 17.2 Å². The molecule has 0 fully saturated rings. The summed E-state index contributed by atoms with van der Waals surface area (Å²) < 4.78 is 63.3. The van der Waals surface area contributed by atoms with Gasteiger partial charge in [-0.2, -0.15) is 0 Å². The van der Waals surface area contributed by atoms with Gasteiger partial charge in [-0.25, -0.2) is 0 Å². The number of hydrogen-bond acceptors (Lipinski definition) is 3. The number of nitrogens with one attached hydrogen (secondary N) is 1. The fraction of sp³-hybridized carbons (Fsp3) is 0.538. The molecule has 0 aliphatic heterocycles. The van der Waals surface area contributed by atoms with Crippen LogP contribution in [0.25, 0.3) is 0 Å². The highest BCUT2D eigenvalue weighted by Crippen LogP contribution is 2.22. The van der Waals surface area contributed by atoms with E-state index in [2.05, 4.69) is 4.72 Å². The smallest absolute Gasteiger partial charge is 0.136 e. The van der Waals surface area contributed by atoms with E-state index in [4.69, 9.17) is 13.0 Å². The number of methoxy groups -OCH3 is 1. The lowest BCUT2D eigenvalue weighted by atomic mass is 10.1. The summed E-state index contributed by atoms with van der Waals surface area (Å²) in [5.74, 6) is 0.0279. The van der Waals surface area contributed by atoms with Crippen LogP contribution in [-0.4, -0.2) is 16.3 Å². The summed E-state index contributed by atoms with van der Waals surface area (Å²) in [6, 6.07) is 4.57. The number of benzene rings is 1. The predicted octanol–water partition coefficient (Wildman–Crippen LogP) is 2.81. The van der Waals surface area contributed by atoms with E-state index in [1.54, 1.807) is 20.8 Å². The van der Waals surface area contributed by atoms with Gasteiger partial charge in [-0.3, -0.25) is 0 Å². The zero-order chi connectivity index (χ0) is 18.1. The van der Waals surface area contributed by atoms with Crippen molar-refractivity contribution in [3.63, 3.8) is 0 Å². The van der Waals surface area contributed by atoms with Gasteiger partial charge in [-0.15, -0.1) is 4.72 Å². The van der Waals surface area contributed by atoms with Crippen LogP contribution in [0.5, 0.6) is 5.75 Å². The van der Waals surface area contributed by atoms with Crippen LogP contribution in [0.2, 0.25) is 0 Å². The summed E-state index contributed by atoms with van der Waals surface area (Å²) in [6.45, 7) is 2.71. The topological polar surface area (TPSA) is 44.3 Å². The second kappa shape index (κ2) is 5.76. The number of ether oxygens (including phenoxy) is 1. The minimum Gasteiger partial charge on any atom is -0.598 e. The van der Waals surface area contributed by atoms with Crippen LogP contribution in [0.15, 0.2) is 24.3 Å². The van der Waals surface area contributed by atoms with Crippen LogP contribution >= 0.6 is 0 Å². The molecule has 2 atom stereocenters. The van der Waals surface area contributed by atoms with Crippen molar-refractivity contribution < 1.29 is 17.5 Å². The van der Waals surface area contributed by atoms with Gasteiger partial charge in [0.2, 0.25) is 0 Å². The van der Waals surface area contributed by atoms with E-state index in [9.17, 15) is 4.55 Å². The molecule has 0 spiro atoms. The van der Waals surface area contributed by atoms with Crippen molar-refractivity contribution >= 4 is 11.4 Å². The maximum absolute atomic E-state index is 12.2. The molecular formula is C13H21NO2S. The zero-order valence-electron chi connectivity index (χ0n) is 16.1. The molecule has 1 N–H and O–H groups in total. The Morgan fingerprint density at radius 3 is 2.82 bits per heavy atom.